The smallest absolute Gasteiger partial charge is 0.256 e. The normalized spacial score (nSPS) is 11.8. The standard InChI is InChI=1S/C20H12F2N2O2/c21-10-8-15(22)18(23)16(9-10)24-20(26)14-7-3-6-13-17(14)11-4-1-2-5-12(11)19(13)25/h1-9H,23H2,(H,24,26). The number of carbonyl (C=O) groups excluding carboxylic acids is 2. The molecule has 3 N–H and O–H groups in total. The Hall–Kier alpha value is -3.54. The van der Waals surface area contributed by atoms with E-state index in [0.29, 0.717) is 28.3 Å². The first-order valence-corrected chi connectivity index (χ1v) is 7.80. The van der Waals surface area contributed by atoms with E-state index in [1.54, 1.807) is 42.5 Å². The number of anilines is 2. The number of nitrogens with two attached hydrogens (primary N) is 1. The Morgan fingerprint density at radius 3 is 2.38 bits per heavy atom. The van der Waals surface area contributed by atoms with Gasteiger partial charge in [-0.05, 0) is 17.7 Å². The maximum Gasteiger partial charge on any atom is 0.256 e. The first kappa shape index (κ1) is 16.0. The molecule has 0 saturated carbocycles. The van der Waals surface area contributed by atoms with Crippen LogP contribution >= 0.6 is 0 Å². The van der Waals surface area contributed by atoms with Crippen LogP contribution in [0.15, 0.2) is 54.6 Å². The van der Waals surface area contributed by atoms with Gasteiger partial charge in [0.2, 0.25) is 0 Å². The number of hydrogen-bond donors (Lipinski definition) is 2. The van der Waals surface area contributed by atoms with Crippen LogP contribution in [0.2, 0.25) is 0 Å². The van der Waals surface area contributed by atoms with Crippen molar-refractivity contribution in [2.75, 3.05) is 11.1 Å². The van der Waals surface area contributed by atoms with E-state index in [4.69, 9.17) is 5.73 Å². The fourth-order valence-electron chi connectivity index (χ4n) is 3.14. The summed E-state index contributed by atoms with van der Waals surface area (Å²) in [5, 5.41) is 2.43. The molecule has 1 amide bonds. The number of carbonyl (C=O) groups is 2. The molecule has 0 radical (unpaired) electrons. The molecule has 3 aromatic carbocycles. The summed E-state index contributed by atoms with van der Waals surface area (Å²) in [6.07, 6.45) is 0. The molecular weight excluding hydrogens is 338 g/mol. The zero-order valence-corrected chi connectivity index (χ0v) is 13.3. The van der Waals surface area contributed by atoms with Crippen LogP contribution in [0.1, 0.15) is 26.3 Å². The van der Waals surface area contributed by atoms with Crippen molar-refractivity contribution in [1.82, 2.24) is 0 Å². The molecule has 0 aromatic heterocycles. The van der Waals surface area contributed by atoms with E-state index >= 15 is 0 Å². The predicted molar refractivity (Wildman–Crippen MR) is 94.0 cm³/mol. The van der Waals surface area contributed by atoms with Crippen molar-refractivity contribution in [3.8, 4) is 11.1 Å². The molecule has 4 rings (SSSR count). The molecule has 1 aliphatic carbocycles. The van der Waals surface area contributed by atoms with Crippen molar-refractivity contribution in [1.29, 1.82) is 0 Å². The van der Waals surface area contributed by atoms with Crippen LogP contribution in [0, 0.1) is 11.6 Å². The second-order valence-corrected chi connectivity index (χ2v) is 5.91. The lowest BCUT2D eigenvalue weighted by Gasteiger charge is -2.12. The molecule has 0 saturated heterocycles. The van der Waals surface area contributed by atoms with Crippen molar-refractivity contribution < 1.29 is 18.4 Å². The molecule has 0 aliphatic heterocycles. The third-order valence-corrected chi connectivity index (χ3v) is 4.34. The molecule has 128 valence electrons. The first-order chi connectivity index (χ1) is 12.5. The fourth-order valence-corrected chi connectivity index (χ4v) is 3.14. The van der Waals surface area contributed by atoms with E-state index in [-0.39, 0.29) is 22.7 Å². The average Bonchev–Trinajstić information content (AvgIpc) is 2.92. The van der Waals surface area contributed by atoms with E-state index in [2.05, 4.69) is 5.32 Å². The van der Waals surface area contributed by atoms with Crippen molar-refractivity contribution >= 4 is 23.1 Å². The van der Waals surface area contributed by atoms with Crippen LogP contribution in [0.25, 0.3) is 11.1 Å². The maximum atomic E-state index is 13.6. The van der Waals surface area contributed by atoms with Gasteiger partial charge in [0.25, 0.3) is 5.91 Å². The minimum absolute atomic E-state index is 0.164. The SMILES string of the molecule is Nc1c(F)cc(F)cc1NC(=O)c1cccc2c1-c1ccccc1C2=O. The van der Waals surface area contributed by atoms with Gasteiger partial charge in [-0.1, -0.05) is 36.4 Å². The van der Waals surface area contributed by atoms with E-state index in [1.807, 2.05) is 0 Å². The van der Waals surface area contributed by atoms with Crippen LogP contribution in [0.3, 0.4) is 0 Å². The van der Waals surface area contributed by atoms with Crippen LogP contribution in [0.4, 0.5) is 20.2 Å². The van der Waals surface area contributed by atoms with Crippen molar-refractivity contribution in [2.45, 2.75) is 0 Å². The van der Waals surface area contributed by atoms with Crippen molar-refractivity contribution in [3.63, 3.8) is 0 Å². The Bertz CT molecular complexity index is 1090. The number of hydrogen-bond acceptors (Lipinski definition) is 3. The van der Waals surface area contributed by atoms with Gasteiger partial charge in [-0.3, -0.25) is 9.59 Å². The average molecular weight is 350 g/mol. The van der Waals surface area contributed by atoms with E-state index in [1.165, 1.54) is 0 Å². The quantitative estimate of drug-likeness (QED) is 0.537. The van der Waals surface area contributed by atoms with Crippen LogP contribution < -0.4 is 11.1 Å². The molecule has 0 heterocycles. The Morgan fingerprint density at radius 2 is 1.62 bits per heavy atom. The van der Waals surface area contributed by atoms with Gasteiger partial charge in [-0.2, -0.15) is 0 Å². The van der Waals surface area contributed by atoms with E-state index in [0.717, 1.165) is 6.07 Å². The van der Waals surface area contributed by atoms with Crippen molar-refractivity contribution in [3.05, 3.63) is 82.9 Å². The number of rotatable bonds is 2. The van der Waals surface area contributed by atoms with Gasteiger partial charge >= 0.3 is 0 Å². The highest BCUT2D eigenvalue weighted by Crippen LogP contribution is 2.39. The topological polar surface area (TPSA) is 72.2 Å². The summed E-state index contributed by atoms with van der Waals surface area (Å²) in [7, 11) is 0. The summed E-state index contributed by atoms with van der Waals surface area (Å²) in [5.41, 5.74) is 7.36. The first-order valence-electron chi connectivity index (χ1n) is 7.80. The largest absolute Gasteiger partial charge is 0.395 e. The molecule has 1 aliphatic rings. The Balaban J connectivity index is 1.80. The summed E-state index contributed by atoms with van der Waals surface area (Å²) >= 11 is 0. The maximum absolute atomic E-state index is 13.6. The zero-order chi connectivity index (χ0) is 18.4. The molecular formula is C20H12F2N2O2. The monoisotopic (exact) mass is 350 g/mol. The summed E-state index contributed by atoms with van der Waals surface area (Å²) in [5.74, 6) is -2.59. The van der Waals surface area contributed by atoms with Gasteiger partial charge in [-0.25, -0.2) is 8.78 Å². The molecule has 0 unspecified atom stereocenters. The third-order valence-electron chi connectivity index (χ3n) is 4.34. The van der Waals surface area contributed by atoms with Gasteiger partial charge in [0, 0.05) is 28.3 Å². The molecule has 0 fully saturated rings. The number of benzene rings is 3. The summed E-state index contributed by atoms with van der Waals surface area (Å²) in [6.45, 7) is 0. The number of nitrogen functional groups attached to an aromatic ring is 1. The van der Waals surface area contributed by atoms with Gasteiger partial charge in [-0.15, -0.1) is 0 Å². The summed E-state index contributed by atoms with van der Waals surface area (Å²) in [6, 6.07) is 13.3. The number of fused-ring (bicyclic) bond motifs is 3. The molecule has 3 aromatic rings. The molecule has 4 nitrogen and oxygen atoms in total. The molecule has 0 atom stereocenters. The van der Waals surface area contributed by atoms with Crippen LogP contribution in [0.5, 0.6) is 0 Å². The number of nitrogens with one attached hydrogen (secondary N) is 1. The molecule has 26 heavy (non-hydrogen) atoms. The van der Waals surface area contributed by atoms with Crippen LogP contribution in [-0.4, -0.2) is 11.7 Å². The van der Waals surface area contributed by atoms with Gasteiger partial charge in [0.1, 0.15) is 5.82 Å². The zero-order valence-electron chi connectivity index (χ0n) is 13.3. The number of amides is 1. The Labute approximate surface area is 147 Å². The molecule has 0 bridgehead atoms. The van der Waals surface area contributed by atoms with Crippen LogP contribution in [-0.2, 0) is 0 Å². The Kier molecular flexibility index (Phi) is 3.54. The minimum Gasteiger partial charge on any atom is -0.395 e. The molecule has 0 spiro atoms. The van der Waals surface area contributed by atoms with Crippen molar-refractivity contribution in [2.24, 2.45) is 0 Å². The lowest BCUT2D eigenvalue weighted by atomic mass is 9.99. The highest BCUT2D eigenvalue weighted by atomic mass is 19.1. The lowest BCUT2D eigenvalue weighted by molar-refractivity contribution is 0.102. The molecule has 6 heteroatoms. The number of halogens is 2. The number of ketones is 1. The summed E-state index contributed by atoms with van der Waals surface area (Å²) < 4.78 is 27.0. The van der Waals surface area contributed by atoms with Gasteiger partial charge in [0.05, 0.1) is 11.4 Å². The second kappa shape index (κ2) is 5.77. The minimum atomic E-state index is -0.959. The summed E-state index contributed by atoms with van der Waals surface area (Å²) in [4.78, 5) is 25.3. The van der Waals surface area contributed by atoms with Gasteiger partial charge < -0.3 is 11.1 Å². The highest BCUT2D eigenvalue weighted by molar-refractivity contribution is 6.25. The van der Waals surface area contributed by atoms with Gasteiger partial charge in [0.15, 0.2) is 11.6 Å². The van der Waals surface area contributed by atoms with E-state index in [9.17, 15) is 18.4 Å². The third kappa shape index (κ3) is 2.35. The highest BCUT2D eigenvalue weighted by Gasteiger charge is 2.30. The second-order valence-electron chi connectivity index (χ2n) is 5.91. The fraction of sp³-hybridized carbons (Fsp3) is 0. The predicted octanol–water partition coefficient (Wildman–Crippen LogP) is 4.01. The Morgan fingerprint density at radius 1 is 0.923 bits per heavy atom. The van der Waals surface area contributed by atoms with E-state index < -0.39 is 17.5 Å². The lowest BCUT2D eigenvalue weighted by Crippen LogP contribution is -2.15.